The van der Waals surface area contributed by atoms with Crippen LogP contribution in [0.5, 0.6) is 11.5 Å². The number of benzene rings is 2. The molecule has 1 aliphatic heterocycles. The van der Waals surface area contributed by atoms with Crippen molar-refractivity contribution in [3.05, 3.63) is 52.3 Å². The molecule has 10 heteroatoms. The highest BCUT2D eigenvalue weighted by Gasteiger charge is 2.17. The molecule has 3 rings (SSSR count). The maximum absolute atomic E-state index is 13.7. The van der Waals surface area contributed by atoms with Crippen LogP contribution in [0, 0.1) is 5.82 Å². The Morgan fingerprint density at radius 3 is 2.86 bits per heavy atom. The van der Waals surface area contributed by atoms with Crippen LogP contribution in [0.25, 0.3) is 0 Å². The van der Waals surface area contributed by atoms with Crippen LogP contribution in [0.15, 0.2) is 30.3 Å². The summed E-state index contributed by atoms with van der Waals surface area (Å²) in [6.45, 7) is -2.43. The second-order valence-corrected chi connectivity index (χ2v) is 6.23. The molecule has 1 heterocycles. The van der Waals surface area contributed by atoms with Crippen molar-refractivity contribution in [1.82, 2.24) is 5.32 Å². The molecule has 0 unspecified atom stereocenters. The van der Waals surface area contributed by atoms with Crippen LogP contribution >= 0.6 is 11.6 Å². The van der Waals surface area contributed by atoms with Crippen molar-refractivity contribution in [2.45, 2.75) is 19.6 Å². The number of hydrogen-bond acceptors (Lipinski definition) is 4. The van der Waals surface area contributed by atoms with Crippen molar-refractivity contribution in [2.75, 3.05) is 18.7 Å². The number of anilines is 1. The molecule has 0 aliphatic carbocycles. The minimum Gasteiger partial charge on any atom is -0.467 e. The molecule has 2 amide bonds. The Bertz CT molecular complexity index is 867. The monoisotopic (exact) mass is 416 g/mol. The van der Waals surface area contributed by atoms with E-state index in [0.29, 0.717) is 29.0 Å². The average Bonchev–Trinajstić information content (AvgIpc) is 2.63. The zero-order chi connectivity index (χ0) is 20.1. The highest BCUT2D eigenvalue weighted by molar-refractivity contribution is 6.32. The summed E-state index contributed by atoms with van der Waals surface area (Å²) in [5, 5.41) is 5.07. The first kappa shape index (κ1) is 20.1. The SMILES string of the molecule is O=C(NCCc1cc(F)cc2c1OCOC2)Nc1ccc(OC(F)F)c(Cl)c1. The van der Waals surface area contributed by atoms with Gasteiger partial charge in [-0.1, -0.05) is 11.6 Å². The van der Waals surface area contributed by atoms with Crippen molar-refractivity contribution in [3.8, 4) is 11.5 Å². The zero-order valence-electron chi connectivity index (χ0n) is 14.4. The molecule has 0 bridgehead atoms. The number of ether oxygens (including phenoxy) is 3. The molecule has 0 aromatic heterocycles. The number of urea groups is 1. The third-order valence-corrected chi connectivity index (χ3v) is 4.13. The van der Waals surface area contributed by atoms with Gasteiger partial charge in [-0.05, 0) is 42.3 Å². The number of halogens is 4. The van der Waals surface area contributed by atoms with Gasteiger partial charge in [0.15, 0.2) is 6.79 Å². The van der Waals surface area contributed by atoms with Gasteiger partial charge in [0.05, 0.1) is 11.6 Å². The molecule has 2 N–H and O–H groups in total. The number of carbonyl (C=O) groups excluding carboxylic acids is 1. The topological polar surface area (TPSA) is 68.8 Å². The standard InChI is InChI=1S/C18H16ClF3N2O4/c19-14-7-13(1-2-15(14)28-17(21)22)24-18(25)23-4-3-10-5-12(20)6-11-8-26-9-27-16(10)11/h1-2,5-7,17H,3-4,8-9H2,(H2,23,24,25). The van der Waals surface area contributed by atoms with Gasteiger partial charge in [-0.15, -0.1) is 0 Å². The third-order valence-electron chi connectivity index (χ3n) is 3.84. The highest BCUT2D eigenvalue weighted by Crippen LogP contribution is 2.30. The Morgan fingerprint density at radius 2 is 2.11 bits per heavy atom. The zero-order valence-corrected chi connectivity index (χ0v) is 15.2. The van der Waals surface area contributed by atoms with Crippen molar-refractivity contribution >= 4 is 23.3 Å². The summed E-state index contributed by atoms with van der Waals surface area (Å²) in [5.74, 6) is -0.0354. The highest BCUT2D eigenvalue weighted by atomic mass is 35.5. The van der Waals surface area contributed by atoms with E-state index < -0.39 is 18.5 Å². The fourth-order valence-electron chi connectivity index (χ4n) is 2.70. The van der Waals surface area contributed by atoms with Crippen molar-refractivity contribution in [2.24, 2.45) is 0 Å². The van der Waals surface area contributed by atoms with Crippen LogP contribution in [0.1, 0.15) is 11.1 Å². The predicted octanol–water partition coefficient (Wildman–Crippen LogP) is 4.31. The molecular weight excluding hydrogens is 401 g/mol. The lowest BCUT2D eigenvalue weighted by atomic mass is 10.1. The number of amides is 2. The number of alkyl halides is 2. The minimum atomic E-state index is -3.00. The van der Waals surface area contributed by atoms with Crippen LogP contribution in [-0.2, 0) is 17.8 Å². The summed E-state index contributed by atoms with van der Waals surface area (Å²) in [6, 6.07) is 6.06. The van der Waals surface area contributed by atoms with Crippen LogP contribution < -0.4 is 20.1 Å². The molecule has 2 aromatic rings. The fourth-order valence-corrected chi connectivity index (χ4v) is 2.92. The lowest BCUT2D eigenvalue weighted by Gasteiger charge is -2.21. The number of carbonyl (C=O) groups is 1. The molecule has 0 saturated heterocycles. The number of nitrogens with one attached hydrogen (secondary N) is 2. The van der Waals surface area contributed by atoms with Crippen molar-refractivity contribution < 1.29 is 32.2 Å². The predicted molar refractivity (Wildman–Crippen MR) is 95.5 cm³/mol. The van der Waals surface area contributed by atoms with E-state index in [9.17, 15) is 18.0 Å². The van der Waals surface area contributed by atoms with Gasteiger partial charge in [0.2, 0.25) is 0 Å². The normalized spacial score (nSPS) is 12.9. The first-order valence-electron chi connectivity index (χ1n) is 8.23. The van der Waals surface area contributed by atoms with E-state index in [2.05, 4.69) is 15.4 Å². The summed E-state index contributed by atoms with van der Waals surface area (Å²) >= 11 is 5.83. The molecule has 0 saturated carbocycles. The van der Waals surface area contributed by atoms with Gasteiger partial charge in [0, 0.05) is 17.8 Å². The van der Waals surface area contributed by atoms with Crippen molar-refractivity contribution in [3.63, 3.8) is 0 Å². The first-order valence-corrected chi connectivity index (χ1v) is 8.61. The third kappa shape index (κ3) is 5.20. The molecule has 6 nitrogen and oxygen atoms in total. The second kappa shape index (κ2) is 9.03. The largest absolute Gasteiger partial charge is 0.467 e. The van der Waals surface area contributed by atoms with Gasteiger partial charge in [0.25, 0.3) is 0 Å². The molecule has 0 atom stereocenters. The van der Waals surface area contributed by atoms with Gasteiger partial charge in [0.1, 0.15) is 17.3 Å². The van der Waals surface area contributed by atoms with E-state index in [1.54, 1.807) is 0 Å². The van der Waals surface area contributed by atoms with Crippen LogP contribution in [0.3, 0.4) is 0 Å². The average molecular weight is 417 g/mol. The van der Waals surface area contributed by atoms with E-state index in [1.807, 2.05) is 0 Å². The molecule has 0 radical (unpaired) electrons. The van der Waals surface area contributed by atoms with Gasteiger partial charge in [-0.3, -0.25) is 0 Å². The number of fused-ring (bicyclic) bond motifs is 1. The Hall–Kier alpha value is -2.65. The first-order chi connectivity index (χ1) is 13.4. The van der Waals surface area contributed by atoms with E-state index in [0.717, 1.165) is 0 Å². The summed E-state index contributed by atoms with van der Waals surface area (Å²) in [5.41, 5.74) is 1.54. The molecule has 0 spiro atoms. The van der Waals surface area contributed by atoms with E-state index in [-0.39, 0.29) is 30.7 Å². The lowest BCUT2D eigenvalue weighted by Crippen LogP contribution is -2.30. The lowest BCUT2D eigenvalue weighted by molar-refractivity contribution is -0.0497. The Balaban J connectivity index is 1.54. The molecular formula is C18H16ClF3N2O4. The Labute approximate surface area is 163 Å². The maximum atomic E-state index is 13.7. The summed E-state index contributed by atoms with van der Waals surface area (Å²) in [4.78, 5) is 12.0. The van der Waals surface area contributed by atoms with Gasteiger partial charge < -0.3 is 24.8 Å². The van der Waals surface area contributed by atoms with E-state index in [4.69, 9.17) is 21.1 Å². The molecule has 0 fully saturated rings. The molecule has 2 aromatic carbocycles. The molecule has 28 heavy (non-hydrogen) atoms. The van der Waals surface area contributed by atoms with Crippen LogP contribution in [-0.4, -0.2) is 26.0 Å². The summed E-state index contributed by atoms with van der Waals surface area (Å²) in [7, 11) is 0. The quantitative estimate of drug-likeness (QED) is 0.736. The second-order valence-electron chi connectivity index (χ2n) is 5.82. The van der Waals surface area contributed by atoms with Gasteiger partial charge in [-0.2, -0.15) is 8.78 Å². The summed E-state index contributed by atoms with van der Waals surface area (Å²) in [6.07, 6.45) is 0.343. The van der Waals surface area contributed by atoms with E-state index >= 15 is 0 Å². The molecule has 150 valence electrons. The van der Waals surface area contributed by atoms with Crippen LogP contribution in [0.4, 0.5) is 23.7 Å². The number of hydrogen-bond donors (Lipinski definition) is 2. The number of rotatable bonds is 6. The Morgan fingerprint density at radius 1 is 1.29 bits per heavy atom. The molecule has 1 aliphatic rings. The fraction of sp³-hybridized carbons (Fsp3) is 0.278. The van der Waals surface area contributed by atoms with Gasteiger partial charge >= 0.3 is 12.6 Å². The summed E-state index contributed by atoms with van der Waals surface area (Å²) < 4.78 is 52.9. The maximum Gasteiger partial charge on any atom is 0.387 e. The van der Waals surface area contributed by atoms with Crippen LogP contribution in [0.2, 0.25) is 5.02 Å². The van der Waals surface area contributed by atoms with Crippen molar-refractivity contribution in [1.29, 1.82) is 0 Å². The minimum absolute atomic E-state index is 0.0659. The van der Waals surface area contributed by atoms with Gasteiger partial charge in [-0.25, -0.2) is 9.18 Å². The smallest absolute Gasteiger partial charge is 0.387 e. The Kier molecular flexibility index (Phi) is 6.48. The van der Waals surface area contributed by atoms with E-state index in [1.165, 1.54) is 30.3 Å².